The molecule has 0 aliphatic heterocycles. The van der Waals surface area contributed by atoms with E-state index in [4.69, 9.17) is 4.74 Å². The van der Waals surface area contributed by atoms with E-state index in [0.717, 1.165) is 6.42 Å². The van der Waals surface area contributed by atoms with Gasteiger partial charge in [0.05, 0.1) is 7.11 Å². The van der Waals surface area contributed by atoms with Crippen molar-refractivity contribution in [2.75, 3.05) is 7.11 Å². The van der Waals surface area contributed by atoms with Crippen LogP contribution in [0.4, 0.5) is 0 Å². The van der Waals surface area contributed by atoms with Crippen molar-refractivity contribution in [3.8, 4) is 0 Å². The minimum Gasteiger partial charge on any atom is -0.468 e. The molecular formula is C20H26O4. The second kappa shape index (κ2) is 5.03. The lowest BCUT2D eigenvalue weighted by atomic mass is 9.45. The lowest BCUT2D eigenvalue weighted by Gasteiger charge is -2.56. The van der Waals surface area contributed by atoms with E-state index in [-0.39, 0.29) is 53.0 Å². The maximum absolute atomic E-state index is 13.7. The number of ketones is 2. The highest BCUT2D eigenvalue weighted by atomic mass is 16.5. The Morgan fingerprint density at radius 3 is 2.58 bits per heavy atom. The standard InChI is InChI=1S/C20H26O4/c1-9-5-6-10(2)20(19(23)24-4)17(9)11(3)15-12-7-13(14(21)8-12)16(15)18(20)22/h5-6,9-13,15-17H,7-8H2,1-4H3/t9-,10+,11+,12-,13+,15?,16?,17?,20?/m0/s1. The summed E-state index contributed by atoms with van der Waals surface area (Å²) in [5.41, 5.74) is -1.12. The fourth-order valence-electron chi connectivity index (χ4n) is 6.99. The normalized spacial score (nSPS) is 52.2. The Kier molecular flexibility index (Phi) is 3.36. The third-order valence-corrected chi connectivity index (χ3v) is 7.75. The van der Waals surface area contributed by atoms with Gasteiger partial charge in [-0.1, -0.05) is 32.9 Å². The van der Waals surface area contributed by atoms with Crippen LogP contribution in [0.25, 0.3) is 0 Å². The number of esters is 1. The van der Waals surface area contributed by atoms with E-state index in [1.807, 2.05) is 13.0 Å². The molecule has 0 radical (unpaired) electrons. The van der Waals surface area contributed by atoms with Gasteiger partial charge in [0.1, 0.15) is 11.2 Å². The highest BCUT2D eigenvalue weighted by molar-refractivity contribution is 6.09. The number of ether oxygens (including phenoxy) is 1. The quantitative estimate of drug-likeness (QED) is 0.421. The van der Waals surface area contributed by atoms with Crippen molar-refractivity contribution in [3.05, 3.63) is 12.2 Å². The lowest BCUT2D eigenvalue weighted by molar-refractivity contribution is -0.183. The van der Waals surface area contributed by atoms with Crippen LogP contribution in [0.1, 0.15) is 33.6 Å². The van der Waals surface area contributed by atoms with Crippen LogP contribution >= 0.6 is 0 Å². The number of methoxy groups -OCH3 is 1. The highest BCUT2D eigenvalue weighted by Crippen LogP contribution is 2.65. The van der Waals surface area contributed by atoms with Gasteiger partial charge in [-0.25, -0.2) is 0 Å². The maximum atomic E-state index is 13.7. The molecule has 4 heteroatoms. The molecule has 4 aliphatic rings. The molecule has 4 aliphatic carbocycles. The Labute approximate surface area is 143 Å². The Morgan fingerprint density at radius 2 is 1.92 bits per heavy atom. The van der Waals surface area contributed by atoms with Crippen LogP contribution in [0, 0.1) is 52.8 Å². The molecule has 4 rings (SSSR count). The third kappa shape index (κ3) is 1.62. The second-order valence-electron chi connectivity index (χ2n) is 8.52. The molecule has 0 aromatic rings. The molecule has 130 valence electrons. The van der Waals surface area contributed by atoms with Gasteiger partial charge in [0.15, 0.2) is 5.78 Å². The average Bonchev–Trinajstić information content (AvgIpc) is 3.11. The number of carbonyl (C=O) groups excluding carboxylic acids is 3. The van der Waals surface area contributed by atoms with Crippen molar-refractivity contribution >= 4 is 17.5 Å². The van der Waals surface area contributed by atoms with Crippen LogP contribution in [0.2, 0.25) is 0 Å². The molecule has 3 fully saturated rings. The third-order valence-electron chi connectivity index (χ3n) is 7.75. The fourth-order valence-corrected chi connectivity index (χ4v) is 6.99. The number of hydrogen-bond acceptors (Lipinski definition) is 4. The molecule has 0 N–H and O–H groups in total. The van der Waals surface area contributed by atoms with Gasteiger partial charge in [0.2, 0.25) is 0 Å². The number of allylic oxidation sites excluding steroid dienone is 2. The Bertz CT molecular complexity index is 650. The van der Waals surface area contributed by atoms with E-state index >= 15 is 0 Å². The van der Waals surface area contributed by atoms with Crippen LogP contribution in [-0.2, 0) is 19.1 Å². The highest BCUT2D eigenvalue weighted by Gasteiger charge is 2.71. The Hall–Kier alpha value is -1.45. The maximum Gasteiger partial charge on any atom is 0.320 e. The molecule has 0 saturated heterocycles. The summed E-state index contributed by atoms with van der Waals surface area (Å²) in [5.74, 6) is 0.158. The molecule has 24 heavy (non-hydrogen) atoms. The first-order chi connectivity index (χ1) is 11.4. The van der Waals surface area contributed by atoms with Gasteiger partial charge in [-0.2, -0.15) is 0 Å². The molecule has 9 atom stereocenters. The molecule has 0 aromatic carbocycles. The fraction of sp³-hybridized carbons (Fsp3) is 0.750. The van der Waals surface area contributed by atoms with Gasteiger partial charge >= 0.3 is 5.97 Å². The number of hydrogen-bond donors (Lipinski definition) is 0. The zero-order valence-electron chi connectivity index (χ0n) is 14.8. The molecule has 0 heterocycles. The molecule has 0 aromatic heterocycles. The van der Waals surface area contributed by atoms with Crippen molar-refractivity contribution in [1.82, 2.24) is 0 Å². The minimum absolute atomic E-state index is 0.00769. The van der Waals surface area contributed by atoms with Crippen LogP contribution in [0.15, 0.2) is 12.2 Å². The SMILES string of the molecule is COC(=O)C12C(=O)C3C([C@@H]4CC(=O)[C@H]3C4)[C@@H](C)C1[C@@H](C)C=C[C@H]2C. The van der Waals surface area contributed by atoms with Crippen molar-refractivity contribution in [1.29, 1.82) is 0 Å². The Balaban J connectivity index is 1.90. The number of Topliss-reactive ketones (excluding diaryl/α,β-unsaturated/α-hetero) is 2. The number of fused-ring (bicyclic) bond motifs is 6. The van der Waals surface area contributed by atoms with Crippen molar-refractivity contribution in [2.45, 2.75) is 33.6 Å². The number of rotatable bonds is 1. The van der Waals surface area contributed by atoms with Gasteiger partial charge in [0.25, 0.3) is 0 Å². The summed E-state index contributed by atoms with van der Waals surface area (Å²) in [4.78, 5) is 39.0. The van der Waals surface area contributed by atoms with Gasteiger partial charge in [-0.3, -0.25) is 14.4 Å². The first kappa shape index (κ1) is 16.0. The largest absolute Gasteiger partial charge is 0.468 e. The molecule has 0 spiro atoms. The second-order valence-corrected chi connectivity index (χ2v) is 8.52. The monoisotopic (exact) mass is 330 g/mol. The van der Waals surface area contributed by atoms with Crippen LogP contribution in [0.5, 0.6) is 0 Å². The molecule has 4 nitrogen and oxygen atoms in total. The van der Waals surface area contributed by atoms with Crippen LogP contribution in [0.3, 0.4) is 0 Å². The van der Waals surface area contributed by atoms with E-state index in [1.165, 1.54) is 7.11 Å². The summed E-state index contributed by atoms with van der Waals surface area (Å²) < 4.78 is 5.16. The van der Waals surface area contributed by atoms with E-state index in [2.05, 4.69) is 19.9 Å². The van der Waals surface area contributed by atoms with Crippen LogP contribution < -0.4 is 0 Å². The van der Waals surface area contributed by atoms with Gasteiger partial charge in [-0.05, 0) is 41.9 Å². The molecule has 2 bridgehead atoms. The summed E-state index contributed by atoms with van der Waals surface area (Å²) >= 11 is 0. The van der Waals surface area contributed by atoms with Gasteiger partial charge in [-0.15, -0.1) is 0 Å². The van der Waals surface area contributed by atoms with E-state index in [0.29, 0.717) is 12.3 Å². The first-order valence-electron chi connectivity index (χ1n) is 9.19. The van der Waals surface area contributed by atoms with Gasteiger partial charge in [0, 0.05) is 18.3 Å². The van der Waals surface area contributed by atoms with Gasteiger partial charge < -0.3 is 4.74 Å². The minimum atomic E-state index is -1.12. The summed E-state index contributed by atoms with van der Waals surface area (Å²) in [6, 6.07) is 0. The predicted octanol–water partition coefficient (Wildman–Crippen LogP) is 2.66. The van der Waals surface area contributed by atoms with Crippen molar-refractivity contribution < 1.29 is 19.1 Å². The molecular weight excluding hydrogens is 304 g/mol. The summed E-state index contributed by atoms with van der Waals surface area (Å²) in [7, 11) is 1.37. The molecule has 3 saturated carbocycles. The van der Waals surface area contributed by atoms with E-state index in [9.17, 15) is 14.4 Å². The van der Waals surface area contributed by atoms with E-state index < -0.39 is 11.4 Å². The summed E-state index contributed by atoms with van der Waals surface area (Å²) in [6.45, 7) is 6.25. The topological polar surface area (TPSA) is 60.4 Å². The Morgan fingerprint density at radius 1 is 1.21 bits per heavy atom. The predicted molar refractivity (Wildman–Crippen MR) is 87.8 cm³/mol. The lowest BCUT2D eigenvalue weighted by Crippen LogP contribution is -2.64. The van der Waals surface area contributed by atoms with Crippen molar-refractivity contribution in [2.24, 2.45) is 52.8 Å². The first-order valence-corrected chi connectivity index (χ1v) is 9.19. The van der Waals surface area contributed by atoms with E-state index in [1.54, 1.807) is 0 Å². The van der Waals surface area contributed by atoms with Crippen LogP contribution in [-0.4, -0.2) is 24.6 Å². The molecule has 0 amide bonds. The average molecular weight is 330 g/mol. The zero-order chi connectivity index (χ0) is 17.4. The summed E-state index contributed by atoms with van der Waals surface area (Å²) in [5, 5.41) is 0. The van der Waals surface area contributed by atoms with Crippen molar-refractivity contribution in [3.63, 3.8) is 0 Å². The smallest absolute Gasteiger partial charge is 0.320 e. The zero-order valence-corrected chi connectivity index (χ0v) is 14.8. The summed E-state index contributed by atoms with van der Waals surface area (Å²) in [6.07, 6.45) is 5.61. The number of carbonyl (C=O) groups is 3. The molecule has 4 unspecified atom stereocenters.